The molecule has 5 nitrogen and oxygen atoms in total. The Hall–Kier alpha value is -3.39. The number of allylic oxidation sites excluding steroid dienone is 2. The highest BCUT2D eigenvalue weighted by Gasteiger charge is 2.17. The van der Waals surface area contributed by atoms with Gasteiger partial charge in [0.05, 0.1) is 17.0 Å². The SMILES string of the molecule is Cc1ccc(/C(Cc2ncccn2)=C(\C#N)c2ncc(C)cc2C)nc1. The highest BCUT2D eigenvalue weighted by atomic mass is 14.9. The third kappa shape index (κ3) is 3.81. The summed E-state index contributed by atoms with van der Waals surface area (Å²) in [5.41, 5.74) is 5.77. The molecule has 0 N–H and O–H groups in total. The molecule has 0 amide bonds. The van der Waals surface area contributed by atoms with Crippen LogP contribution in [0, 0.1) is 32.1 Å². The number of pyridine rings is 2. The van der Waals surface area contributed by atoms with Crippen molar-refractivity contribution in [3.8, 4) is 6.07 Å². The summed E-state index contributed by atoms with van der Waals surface area (Å²) in [5.74, 6) is 0.641. The number of hydrogen-bond acceptors (Lipinski definition) is 5. The van der Waals surface area contributed by atoms with Crippen molar-refractivity contribution in [2.45, 2.75) is 27.2 Å². The van der Waals surface area contributed by atoms with E-state index in [1.54, 1.807) is 30.9 Å². The van der Waals surface area contributed by atoms with Crippen molar-refractivity contribution in [3.05, 3.63) is 83.0 Å². The molecule has 0 aliphatic heterocycles. The molecule has 5 heteroatoms. The summed E-state index contributed by atoms with van der Waals surface area (Å²) >= 11 is 0. The third-order valence-corrected chi connectivity index (χ3v) is 4.04. The van der Waals surface area contributed by atoms with Gasteiger partial charge in [-0.25, -0.2) is 9.97 Å². The standard InChI is InChI=1S/C21H19N5/c1-14-5-6-19(25-12-14)17(10-20-23-7-4-8-24-20)18(11-22)21-16(3)9-15(2)13-26-21/h4-9,12-13H,10H2,1-3H3/b18-17+. The maximum absolute atomic E-state index is 9.92. The van der Waals surface area contributed by atoms with Gasteiger partial charge in [-0.3, -0.25) is 9.97 Å². The van der Waals surface area contributed by atoms with Gasteiger partial charge in [0, 0.05) is 36.8 Å². The normalized spacial score (nSPS) is 11.6. The zero-order valence-electron chi connectivity index (χ0n) is 15.1. The first kappa shape index (κ1) is 17.4. The van der Waals surface area contributed by atoms with E-state index in [0.29, 0.717) is 23.5 Å². The van der Waals surface area contributed by atoms with Crippen molar-refractivity contribution in [3.63, 3.8) is 0 Å². The van der Waals surface area contributed by atoms with Crippen LogP contribution in [0.2, 0.25) is 0 Å². The molecule has 3 aromatic heterocycles. The molecule has 0 saturated carbocycles. The molecule has 0 radical (unpaired) electrons. The van der Waals surface area contributed by atoms with E-state index < -0.39 is 0 Å². The van der Waals surface area contributed by atoms with E-state index in [1.165, 1.54) is 0 Å². The monoisotopic (exact) mass is 341 g/mol. The average molecular weight is 341 g/mol. The first-order chi connectivity index (χ1) is 12.6. The molecular weight excluding hydrogens is 322 g/mol. The number of nitrogens with zero attached hydrogens (tertiary/aromatic N) is 5. The Bertz CT molecular complexity index is 983. The van der Waals surface area contributed by atoms with E-state index in [4.69, 9.17) is 0 Å². The first-order valence-corrected chi connectivity index (χ1v) is 8.34. The maximum Gasteiger partial charge on any atom is 0.132 e. The van der Waals surface area contributed by atoms with Gasteiger partial charge in [0.25, 0.3) is 0 Å². The van der Waals surface area contributed by atoms with Gasteiger partial charge < -0.3 is 0 Å². The van der Waals surface area contributed by atoms with Gasteiger partial charge in [-0.05, 0) is 49.6 Å². The fourth-order valence-electron chi connectivity index (χ4n) is 2.77. The Labute approximate surface area is 153 Å². The smallest absolute Gasteiger partial charge is 0.132 e. The molecular formula is C21H19N5. The van der Waals surface area contributed by atoms with Gasteiger partial charge in [0.1, 0.15) is 11.9 Å². The molecule has 3 rings (SSSR count). The average Bonchev–Trinajstić information content (AvgIpc) is 2.64. The summed E-state index contributed by atoms with van der Waals surface area (Å²) in [6.45, 7) is 5.93. The minimum absolute atomic E-state index is 0.411. The predicted octanol–water partition coefficient (Wildman–Crippen LogP) is 3.87. The molecule has 0 saturated heterocycles. The summed E-state index contributed by atoms with van der Waals surface area (Å²) in [6.07, 6.45) is 7.38. The van der Waals surface area contributed by atoms with Gasteiger partial charge in [-0.2, -0.15) is 5.26 Å². The van der Waals surface area contributed by atoms with Crippen LogP contribution in [0.5, 0.6) is 0 Å². The van der Waals surface area contributed by atoms with E-state index in [-0.39, 0.29) is 0 Å². The van der Waals surface area contributed by atoms with Crippen LogP contribution in [0.15, 0.2) is 49.1 Å². The molecule has 0 fully saturated rings. The zero-order valence-corrected chi connectivity index (χ0v) is 15.1. The topological polar surface area (TPSA) is 75.3 Å². The molecule has 0 atom stereocenters. The largest absolute Gasteiger partial charge is 0.256 e. The van der Waals surface area contributed by atoms with Gasteiger partial charge in [-0.1, -0.05) is 12.1 Å². The second-order valence-corrected chi connectivity index (χ2v) is 6.21. The minimum Gasteiger partial charge on any atom is -0.256 e. The summed E-state index contributed by atoms with van der Waals surface area (Å²) in [6, 6.07) is 10.0. The highest BCUT2D eigenvalue weighted by Crippen LogP contribution is 2.28. The van der Waals surface area contributed by atoms with Gasteiger partial charge >= 0.3 is 0 Å². The van der Waals surface area contributed by atoms with Crippen molar-refractivity contribution in [2.24, 2.45) is 0 Å². The predicted molar refractivity (Wildman–Crippen MR) is 101 cm³/mol. The van der Waals surface area contributed by atoms with Crippen LogP contribution in [-0.4, -0.2) is 19.9 Å². The second kappa shape index (κ2) is 7.66. The van der Waals surface area contributed by atoms with Crippen LogP contribution in [0.25, 0.3) is 11.1 Å². The van der Waals surface area contributed by atoms with Gasteiger partial charge in [-0.15, -0.1) is 0 Å². The van der Waals surface area contributed by atoms with E-state index in [2.05, 4.69) is 26.0 Å². The Balaban J connectivity index is 2.20. The van der Waals surface area contributed by atoms with E-state index in [9.17, 15) is 5.26 Å². The first-order valence-electron chi connectivity index (χ1n) is 8.34. The van der Waals surface area contributed by atoms with Crippen LogP contribution in [0.4, 0.5) is 0 Å². The molecule has 0 unspecified atom stereocenters. The van der Waals surface area contributed by atoms with Crippen LogP contribution in [0.3, 0.4) is 0 Å². The molecule has 0 bridgehead atoms. The van der Waals surface area contributed by atoms with Crippen molar-refractivity contribution in [1.29, 1.82) is 5.26 Å². The minimum atomic E-state index is 0.411. The zero-order chi connectivity index (χ0) is 18.5. The molecule has 26 heavy (non-hydrogen) atoms. The fourth-order valence-corrected chi connectivity index (χ4v) is 2.77. The molecule has 0 aliphatic carbocycles. The molecule has 3 heterocycles. The molecule has 128 valence electrons. The van der Waals surface area contributed by atoms with Crippen LogP contribution in [0.1, 0.15) is 33.9 Å². The summed E-state index contributed by atoms with van der Waals surface area (Å²) in [4.78, 5) is 17.6. The Kier molecular flexibility index (Phi) is 5.14. The van der Waals surface area contributed by atoms with E-state index in [1.807, 2.05) is 39.0 Å². The lowest BCUT2D eigenvalue weighted by Gasteiger charge is -2.12. The van der Waals surface area contributed by atoms with Crippen molar-refractivity contribution < 1.29 is 0 Å². The van der Waals surface area contributed by atoms with Gasteiger partial charge in [0.15, 0.2) is 0 Å². The number of hydrogen-bond donors (Lipinski definition) is 0. The quantitative estimate of drug-likeness (QED) is 0.673. The fraction of sp³-hybridized carbons (Fsp3) is 0.190. The second-order valence-electron chi connectivity index (χ2n) is 6.21. The Morgan fingerprint density at radius 3 is 2.31 bits per heavy atom. The molecule has 0 spiro atoms. The Morgan fingerprint density at radius 2 is 1.69 bits per heavy atom. The number of aryl methyl sites for hydroxylation is 3. The third-order valence-electron chi connectivity index (χ3n) is 4.04. The van der Waals surface area contributed by atoms with E-state index >= 15 is 0 Å². The van der Waals surface area contributed by atoms with Crippen molar-refractivity contribution >= 4 is 11.1 Å². The lowest BCUT2D eigenvalue weighted by Crippen LogP contribution is -2.03. The van der Waals surface area contributed by atoms with E-state index in [0.717, 1.165) is 28.0 Å². The molecule has 3 aromatic rings. The van der Waals surface area contributed by atoms with Crippen molar-refractivity contribution in [1.82, 2.24) is 19.9 Å². The number of aromatic nitrogens is 4. The summed E-state index contributed by atoms with van der Waals surface area (Å²) < 4.78 is 0. The summed E-state index contributed by atoms with van der Waals surface area (Å²) in [5, 5.41) is 9.92. The highest BCUT2D eigenvalue weighted by molar-refractivity contribution is 5.96. The summed E-state index contributed by atoms with van der Waals surface area (Å²) in [7, 11) is 0. The van der Waals surface area contributed by atoms with Crippen LogP contribution >= 0.6 is 0 Å². The number of nitriles is 1. The molecule has 0 aromatic carbocycles. The van der Waals surface area contributed by atoms with Crippen LogP contribution < -0.4 is 0 Å². The Morgan fingerprint density at radius 1 is 0.962 bits per heavy atom. The maximum atomic E-state index is 9.92. The van der Waals surface area contributed by atoms with Crippen LogP contribution in [-0.2, 0) is 6.42 Å². The molecule has 0 aliphatic rings. The lowest BCUT2D eigenvalue weighted by atomic mass is 9.96. The number of rotatable bonds is 4. The lowest BCUT2D eigenvalue weighted by molar-refractivity contribution is 0.991. The van der Waals surface area contributed by atoms with Gasteiger partial charge in [0.2, 0.25) is 0 Å². The van der Waals surface area contributed by atoms with Crippen molar-refractivity contribution in [2.75, 3.05) is 0 Å².